The van der Waals surface area contributed by atoms with Gasteiger partial charge in [-0.1, -0.05) is 24.3 Å². The van der Waals surface area contributed by atoms with Crippen LogP contribution < -0.4 is 9.47 Å². The van der Waals surface area contributed by atoms with Crippen LogP contribution in [-0.2, 0) is 6.11 Å². The van der Waals surface area contributed by atoms with Gasteiger partial charge in [0.05, 0.1) is 0 Å². The molecule has 226 valence electrons. The van der Waals surface area contributed by atoms with Crippen molar-refractivity contribution in [2.45, 2.75) is 12.5 Å². The smallest absolute Gasteiger partial charge is 0.429 e. The summed E-state index contributed by atoms with van der Waals surface area (Å²) in [6, 6.07) is 6.73. The van der Waals surface area contributed by atoms with Crippen LogP contribution in [0.25, 0.3) is 28.1 Å². The highest BCUT2D eigenvalue weighted by Gasteiger charge is 2.41. The molecule has 4 rings (SSSR count). The Bertz CT molecular complexity index is 1660. The molecule has 0 radical (unpaired) electrons. The van der Waals surface area contributed by atoms with Gasteiger partial charge in [0.15, 0.2) is 17.5 Å². The maximum atomic E-state index is 14.8. The first kappa shape index (κ1) is 31.3. The van der Waals surface area contributed by atoms with Gasteiger partial charge in [-0.3, -0.25) is 0 Å². The van der Waals surface area contributed by atoms with Crippen molar-refractivity contribution in [3.8, 4) is 33.8 Å². The van der Waals surface area contributed by atoms with E-state index in [0.717, 1.165) is 24.3 Å². The van der Waals surface area contributed by atoms with E-state index in [2.05, 4.69) is 9.47 Å². The van der Waals surface area contributed by atoms with Crippen molar-refractivity contribution in [1.29, 1.82) is 0 Å². The van der Waals surface area contributed by atoms with E-state index in [1.54, 1.807) is 0 Å². The van der Waals surface area contributed by atoms with Crippen molar-refractivity contribution in [2.24, 2.45) is 0 Å². The highest BCUT2D eigenvalue weighted by Crippen LogP contribution is 2.39. The third kappa shape index (κ3) is 6.87. The van der Waals surface area contributed by atoms with E-state index in [0.29, 0.717) is 24.3 Å². The van der Waals surface area contributed by atoms with Crippen LogP contribution >= 0.6 is 0 Å². The van der Waals surface area contributed by atoms with Crippen molar-refractivity contribution < 1.29 is 66.5 Å². The Morgan fingerprint density at radius 3 is 1.56 bits per heavy atom. The Morgan fingerprint density at radius 1 is 0.535 bits per heavy atom. The second kappa shape index (κ2) is 11.5. The second-order valence-electron chi connectivity index (χ2n) is 8.54. The molecule has 0 fully saturated rings. The maximum Gasteiger partial charge on any atom is 0.573 e. The number of hydrogen-bond acceptors (Lipinski definition) is 2. The van der Waals surface area contributed by atoms with Gasteiger partial charge >= 0.3 is 18.6 Å². The summed E-state index contributed by atoms with van der Waals surface area (Å²) in [6.07, 6.45) is -12.8. The molecule has 2 nitrogen and oxygen atoms in total. The minimum Gasteiger partial charge on any atom is -0.429 e. The summed E-state index contributed by atoms with van der Waals surface area (Å²) < 4.78 is 184. The third-order valence-corrected chi connectivity index (χ3v) is 5.68. The molecule has 0 atom stereocenters. The zero-order valence-corrected chi connectivity index (χ0v) is 20.6. The van der Waals surface area contributed by atoms with Gasteiger partial charge in [-0.2, -0.15) is 17.6 Å². The predicted octanol–water partition coefficient (Wildman–Crippen LogP) is 10.3. The lowest BCUT2D eigenvalue weighted by Crippen LogP contribution is -2.25. The zero-order valence-electron chi connectivity index (χ0n) is 20.6. The highest BCUT2D eigenvalue weighted by molar-refractivity contribution is 5.69. The summed E-state index contributed by atoms with van der Waals surface area (Å²) in [7, 11) is 0. The van der Waals surface area contributed by atoms with Gasteiger partial charge < -0.3 is 9.47 Å². The first-order valence-electron chi connectivity index (χ1n) is 11.4. The quantitative estimate of drug-likeness (QED) is 0.190. The normalized spacial score (nSPS) is 11.8. The number of hydrogen-bond donors (Lipinski definition) is 0. The molecule has 0 spiro atoms. The van der Waals surface area contributed by atoms with E-state index in [-0.39, 0.29) is 29.3 Å². The lowest BCUT2D eigenvalue weighted by molar-refractivity contribution is -0.276. The van der Waals surface area contributed by atoms with Crippen LogP contribution in [0.4, 0.5) is 57.1 Å². The van der Waals surface area contributed by atoms with Crippen LogP contribution in [0.5, 0.6) is 11.5 Å². The van der Waals surface area contributed by atoms with Gasteiger partial charge in [0.1, 0.15) is 28.8 Å². The molecule has 0 unspecified atom stereocenters. The first-order chi connectivity index (χ1) is 20.0. The van der Waals surface area contributed by atoms with Crippen LogP contribution in [0.2, 0.25) is 0 Å². The van der Waals surface area contributed by atoms with Gasteiger partial charge in [-0.25, -0.2) is 26.3 Å². The van der Waals surface area contributed by atoms with Crippen molar-refractivity contribution in [3.05, 3.63) is 113 Å². The summed E-state index contributed by atoms with van der Waals surface area (Å²) in [5.74, 6) is -13.5. The van der Waals surface area contributed by atoms with Crippen LogP contribution in [0, 0.1) is 29.1 Å². The van der Waals surface area contributed by atoms with E-state index in [1.165, 1.54) is 0 Å². The number of alkyl halides is 5. The van der Waals surface area contributed by atoms with Crippen molar-refractivity contribution >= 4 is 5.83 Å². The SMILES string of the molecule is FC(F)=C(F)c1ccc(-c2cc(F)c(C(F)(F)Oc3ccc(-c4cc(F)c(OC(F)(F)F)c(F)c4)c(F)c3)c(F)c2)cc1. The Hall–Kier alpha value is -4.69. The fraction of sp³-hybridized carbons (Fsp3) is 0.0714. The molecule has 0 amide bonds. The fourth-order valence-electron chi connectivity index (χ4n) is 3.86. The Balaban J connectivity index is 1.59. The lowest BCUT2D eigenvalue weighted by Gasteiger charge is -2.20. The summed E-state index contributed by atoms with van der Waals surface area (Å²) in [4.78, 5) is 0. The molecule has 0 N–H and O–H groups in total. The summed E-state index contributed by atoms with van der Waals surface area (Å²) >= 11 is 0. The Labute approximate surface area is 232 Å². The maximum absolute atomic E-state index is 14.8. The van der Waals surface area contributed by atoms with Gasteiger partial charge in [-0.15, -0.1) is 13.2 Å². The van der Waals surface area contributed by atoms with E-state index in [4.69, 9.17) is 0 Å². The molecule has 15 heteroatoms. The molecular formula is C28H11F13O2. The lowest BCUT2D eigenvalue weighted by atomic mass is 10.0. The first-order valence-corrected chi connectivity index (χ1v) is 11.4. The van der Waals surface area contributed by atoms with Crippen LogP contribution in [0.3, 0.4) is 0 Å². The number of rotatable bonds is 7. The van der Waals surface area contributed by atoms with Crippen LogP contribution in [-0.4, -0.2) is 6.36 Å². The Morgan fingerprint density at radius 2 is 1.07 bits per heavy atom. The van der Waals surface area contributed by atoms with E-state index in [1.807, 2.05) is 0 Å². The standard InChI is InChI=1S/C28H11F13O2/c29-18-11-16(5-6-17(18)15-9-21(32)25(22(33)10-15)43-28(39,40)41)42-27(37,38)23-19(30)7-14(8-20(23)31)12-1-3-13(4-2-12)24(34)26(35)36/h1-11H. The van der Waals surface area contributed by atoms with Gasteiger partial charge in [0.2, 0.25) is 5.75 Å². The van der Waals surface area contributed by atoms with Crippen molar-refractivity contribution in [3.63, 3.8) is 0 Å². The predicted molar refractivity (Wildman–Crippen MR) is 125 cm³/mol. The Kier molecular flexibility index (Phi) is 8.38. The molecule has 0 aliphatic heterocycles. The monoisotopic (exact) mass is 626 g/mol. The van der Waals surface area contributed by atoms with Crippen LogP contribution in [0.15, 0.2) is 72.8 Å². The number of ether oxygens (including phenoxy) is 2. The molecule has 43 heavy (non-hydrogen) atoms. The van der Waals surface area contributed by atoms with E-state index >= 15 is 0 Å². The topological polar surface area (TPSA) is 18.5 Å². The highest BCUT2D eigenvalue weighted by atomic mass is 19.4. The average Bonchev–Trinajstić information content (AvgIpc) is 2.89. The number of benzene rings is 4. The summed E-state index contributed by atoms with van der Waals surface area (Å²) in [6.45, 7) is 0. The minimum atomic E-state index is -5.44. The molecule has 0 saturated carbocycles. The fourth-order valence-corrected chi connectivity index (χ4v) is 3.86. The molecule has 4 aromatic rings. The summed E-state index contributed by atoms with van der Waals surface area (Å²) in [5, 5.41) is 0. The van der Waals surface area contributed by atoms with Crippen molar-refractivity contribution in [1.82, 2.24) is 0 Å². The van der Waals surface area contributed by atoms with Crippen LogP contribution in [0.1, 0.15) is 11.1 Å². The molecule has 0 saturated heterocycles. The molecule has 0 aliphatic rings. The molecule has 4 aromatic carbocycles. The van der Waals surface area contributed by atoms with Crippen molar-refractivity contribution in [2.75, 3.05) is 0 Å². The largest absolute Gasteiger partial charge is 0.573 e. The molecular weight excluding hydrogens is 615 g/mol. The van der Waals surface area contributed by atoms with Gasteiger partial charge in [-0.05, 0) is 53.1 Å². The number of halogens is 13. The van der Waals surface area contributed by atoms with E-state index < -0.39 is 87.2 Å². The van der Waals surface area contributed by atoms with E-state index in [9.17, 15) is 57.1 Å². The third-order valence-electron chi connectivity index (χ3n) is 5.68. The molecule has 0 aromatic heterocycles. The van der Waals surface area contributed by atoms with Gasteiger partial charge in [0.25, 0.3) is 0 Å². The molecule has 0 bridgehead atoms. The van der Waals surface area contributed by atoms with Gasteiger partial charge in [0, 0.05) is 17.2 Å². The molecule has 0 aliphatic carbocycles. The summed E-state index contributed by atoms with van der Waals surface area (Å²) in [5.41, 5.74) is -4.20. The second-order valence-corrected chi connectivity index (χ2v) is 8.54. The molecule has 0 heterocycles. The minimum absolute atomic E-state index is 0.0621. The zero-order chi connectivity index (χ0) is 31.9. The average molecular weight is 626 g/mol.